The molecule has 11 heteroatoms. The van der Waals surface area contributed by atoms with Crippen LogP contribution in [0.3, 0.4) is 0 Å². The molecule has 3 aromatic rings. The summed E-state index contributed by atoms with van der Waals surface area (Å²) in [5, 5.41) is 16.1. The van der Waals surface area contributed by atoms with Crippen molar-refractivity contribution in [1.82, 2.24) is 15.6 Å². The van der Waals surface area contributed by atoms with Crippen LogP contribution in [0.15, 0.2) is 46.9 Å². The highest BCUT2D eigenvalue weighted by molar-refractivity contribution is 7.81. The molecule has 2 amide bonds. The Balaban J connectivity index is 1.59. The molecule has 0 saturated carbocycles. The third kappa shape index (κ3) is 4.05. The van der Waals surface area contributed by atoms with Crippen molar-refractivity contribution in [2.45, 2.75) is 63.9 Å². The smallest absolute Gasteiger partial charge is 0.249 e. The molecule has 1 spiro atoms. The summed E-state index contributed by atoms with van der Waals surface area (Å²) >= 11 is 4.81. The van der Waals surface area contributed by atoms with Crippen LogP contribution in [0, 0.1) is 11.8 Å². The molecule has 5 atom stereocenters. The van der Waals surface area contributed by atoms with Crippen LogP contribution in [0.1, 0.15) is 72.6 Å². The predicted octanol–water partition coefficient (Wildman–Crippen LogP) is 3.08. The highest BCUT2D eigenvalue weighted by Gasteiger charge is 2.63. The topological polar surface area (TPSA) is 134 Å². The first-order chi connectivity index (χ1) is 19.6. The van der Waals surface area contributed by atoms with Crippen LogP contribution < -0.4 is 19.7 Å². The van der Waals surface area contributed by atoms with E-state index in [9.17, 15) is 19.5 Å². The molecule has 4 bridgehead atoms. The summed E-state index contributed by atoms with van der Waals surface area (Å²) in [6.07, 6.45) is -1.14. The molecular weight excluding hydrogens is 544 g/mol. The zero-order valence-corrected chi connectivity index (χ0v) is 24.0. The van der Waals surface area contributed by atoms with Crippen LogP contribution in [-0.4, -0.2) is 46.6 Å². The largest absolute Gasteiger partial charge is 0.467 e. The number of ether oxygens (including phenoxy) is 1. The quantitative estimate of drug-likeness (QED) is 0.269. The zero-order chi connectivity index (χ0) is 29.2. The van der Waals surface area contributed by atoms with E-state index in [1.54, 1.807) is 18.2 Å². The van der Waals surface area contributed by atoms with Crippen molar-refractivity contribution in [3.05, 3.63) is 76.5 Å². The van der Waals surface area contributed by atoms with E-state index in [0.717, 1.165) is 22.4 Å². The molecule has 2 aromatic carbocycles. The Kier molecular flexibility index (Phi) is 6.61. The maximum absolute atomic E-state index is 13.7. The van der Waals surface area contributed by atoms with E-state index in [-0.39, 0.29) is 29.8 Å². The number of aromatic nitrogens is 1. The third-order valence-corrected chi connectivity index (χ3v) is 8.64. The zero-order valence-electron chi connectivity index (χ0n) is 23.1. The maximum Gasteiger partial charge on any atom is 0.249 e. The van der Waals surface area contributed by atoms with Gasteiger partial charge in [0.15, 0.2) is 12.0 Å². The third-order valence-electron chi connectivity index (χ3n) is 8.22. The minimum atomic E-state index is -1.27. The summed E-state index contributed by atoms with van der Waals surface area (Å²) in [5.41, 5.74) is 2.16. The van der Waals surface area contributed by atoms with E-state index < -0.39 is 41.6 Å². The van der Waals surface area contributed by atoms with Gasteiger partial charge in [-0.1, -0.05) is 70.8 Å². The van der Waals surface area contributed by atoms with Gasteiger partial charge in [0.05, 0.1) is 5.69 Å². The van der Waals surface area contributed by atoms with E-state index in [2.05, 4.69) is 15.6 Å². The van der Waals surface area contributed by atoms with Gasteiger partial charge in [-0.25, -0.2) is 4.98 Å². The van der Waals surface area contributed by atoms with Crippen molar-refractivity contribution in [3.63, 3.8) is 0 Å². The van der Waals surface area contributed by atoms with Crippen LogP contribution in [0.25, 0.3) is 0 Å². The number of hydrogen-bond acceptors (Lipinski definition) is 9. The van der Waals surface area contributed by atoms with Crippen molar-refractivity contribution in [2.24, 2.45) is 11.8 Å². The number of nitrogens with one attached hydrogen (secondary N) is 2. The number of fused-ring (bicyclic) bond motifs is 4. The number of carbonyl (C=O) groups is 3. The van der Waals surface area contributed by atoms with E-state index in [4.69, 9.17) is 22.0 Å². The van der Waals surface area contributed by atoms with E-state index in [0.29, 0.717) is 17.8 Å². The van der Waals surface area contributed by atoms with Gasteiger partial charge < -0.3 is 24.9 Å². The molecule has 3 aliphatic heterocycles. The molecule has 41 heavy (non-hydrogen) atoms. The van der Waals surface area contributed by atoms with Gasteiger partial charge in [-0.2, -0.15) is 0 Å². The lowest BCUT2D eigenvalue weighted by Crippen LogP contribution is -2.52. The summed E-state index contributed by atoms with van der Waals surface area (Å²) < 4.78 is 14.7. The van der Waals surface area contributed by atoms with Gasteiger partial charge in [-0.05, 0) is 29.5 Å². The van der Waals surface area contributed by atoms with Crippen LogP contribution >= 0.6 is 12.8 Å². The van der Waals surface area contributed by atoms with Gasteiger partial charge in [0.1, 0.15) is 35.0 Å². The molecular formula is C30H32N4O6S. The lowest BCUT2D eigenvalue weighted by molar-refractivity contribution is -0.135. The van der Waals surface area contributed by atoms with Crippen molar-refractivity contribution in [2.75, 3.05) is 4.31 Å². The van der Waals surface area contributed by atoms with Crippen molar-refractivity contribution >= 4 is 36.6 Å². The Morgan fingerprint density at radius 3 is 2.68 bits per heavy atom. The number of carbonyl (C=O) groups excluding carboxylic acids is 3. The molecule has 0 saturated heterocycles. The van der Waals surface area contributed by atoms with Gasteiger partial charge in [0.25, 0.3) is 0 Å². The Labute approximate surface area is 243 Å². The summed E-state index contributed by atoms with van der Waals surface area (Å²) in [6.45, 7) is 7.26. The molecule has 3 aliphatic rings. The van der Waals surface area contributed by atoms with E-state index in [1.165, 1.54) is 0 Å². The number of oxazole rings is 1. The molecule has 0 fully saturated rings. The second-order valence-corrected chi connectivity index (χ2v) is 12.0. The van der Waals surface area contributed by atoms with Crippen molar-refractivity contribution in [3.8, 4) is 5.75 Å². The fourth-order valence-corrected chi connectivity index (χ4v) is 6.47. The first kappa shape index (κ1) is 27.3. The lowest BCUT2D eigenvalue weighted by Gasteiger charge is -2.30. The summed E-state index contributed by atoms with van der Waals surface area (Å²) in [6, 6.07) is 11.6. The number of aliphatic hydroxyl groups is 1. The minimum absolute atomic E-state index is 0.106. The average molecular weight is 577 g/mol. The summed E-state index contributed by atoms with van der Waals surface area (Å²) in [7, 11) is 0. The predicted molar refractivity (Wildman–Crippen MR) is 153 cm³/mol. The molecule has 0 radical (unpaired) electrons. The lowest BCUT2D eigenvalue weighted by atomic mass is 9.72. The molecule has 214 valence electrons. The van der Waals surface area contributed by atoms with E-state index >= 15 is 0 Å². The van der Waals surface area contributed by atoms with Gasteiger partial charge >= 0.3 is 0 Å². The first-order valence-electron chi connectivity index (χ1n) is 13.7. The van der Waals surface area contributed by atoms with Crippen molar-refractivity contribution in [1.29, 1.82) is 0 Å². The van der Waals surface area contributed by atoms with Gasteiger partial charge in [-0.3, -0.25) is 18.7 Å². The minimum Gasteiger partial charge on any atom is -0.467 e. The average Bonchev–Trinajstić information content (AvgIpc) is 3.59. The maximum atomic E-state index is 13.7. The fourth-order valence-electron chi connectivity index (χ4n) is 6.07. The molecule has 1 aromatic heterocycles. The molecule has 6 rings (SSSR count). The SMILES string of the molecule is CC(C)C(O)C(=O)N[C@H]1Cc2ccc3c(c2)C2(c4ccccc4N(S)C2O3)c2oc(nc2C=O)[C@H](C(C)C)NC1=O. The Morgan fingerprint density at radius 2 is 1.98 bits per heavy atom. The Hall–Kier alpha value is -3.83. The number of aliphatic hydroxyl groups excluding tert-OH is 1. The van der Waals surface area contributed by atoms with E-state index in [1.807, 2.05) is 56.3 Å². The number of hydrogen-bond donors (Lipinski definition) is 4. The number of benzene rings is 2. The van der Waals surface area contributed by atoms with Crippen LogP contribution in [0.4, 0.5) is 5.69 Å². The van der Waals surface area contributed by atoms with Crippen LogP contribution in [0.2, 0.25) is 0 Å². The number of thiol groups is 1. The fraction of sp³-hybridized carbons (Fsp3) is 0.400. The monoisotopic (exact) mass is 576 g/mol. The molecule has 3 N–H and O–H groups in total. The van der Waals surface area contributed by atoms with Crippen LogP contribution in [-0.2, 0) is 21.4 Å². The second-order valence-electron chi connectivity index (χ2n) is 11.5. The Bertz CT molecular complexity index is 1550. The number of para-hydroxylation sites is 1. The number of aldehydes is 1. The normalized spacial score (nSPS) is 25.0. The molecule has 4 heterocycles. The number of rotatable bonds is 5. The second kappa shape index (κ2) is 9.92. The first-order valence-corrected chi connectivity index (χ1v) is 14.1. The molecule has 3 unspecified atom stereocenters. The van der Waals surface area contributed by atoms with Gasteiger partial charge in [0, 0.05) is 17.5 Å². The van der Waals surface area contributed by atoms with Gasteiger partial charge in [-0.15, -0.1) is 0 Å². The van der Waals surface area contributed by atoms with Crippen molar-refractivity contribution < 1.29 is 28.6 Å². The number of anilines is 1. The Morgan fingerprint density at radius 1 is 1.22 bits per heavy atom. The standard InChI is InChI=1S/C30H32N4O6S/c1-14(2)23-28-32-20(13-35)25(40-28)30-17-7-5-6-8-21(17)34(41)29(30)39-22-10-9-16(11-18(22)30)12-19(26(37)33-23)31-27(38)24(36)15(3)4/h5-11,13-15,19,23-24,29,36,41H,12H2,1-4H3,(H,31,38)(H,33,37)/t19-,23-,24?,29?,30?/m0/s1. The summed E-state index contributed by atoms with van der Waals surface area (Å²) in [5.74, 6) is -0.529. The summed E-state index contributed by atoms with van der Waals surface area (Å²) in [4.78, 5) is 43.7. The highest BCUT2D eigenvalue weighted by atomic mass is 32.1. The highest BCUT2D eigenvalue weighted by Crippen LogP contribution is 2.60. The van der Waals surface area contributed by atoms with Crippen LogP contribution in [0.5, 0.6) is 5.75 Å². The molecule has 0 aliphatic carbocycles. The molecule has 10 nitrogen and oxygen atoms in total. The number of nitrogens with zero attached hydrogens (tertiary/aromatic N) is 2. The van der Waals surface area contributed by atoms with Gasteiger partial charge in [0.2, 0.25) is 23.9 Å². The number of amides is 2.